The number of benzene rings is 2. The molecule has 0 amide bonds. The molecule has 0 aliphatic rings. The first kappa shape index (κ1) is 19.5. The molecule has 0 unspecified atom stereocenters. The van der Waals surface area contributed by atoms with Crippen molar-refractivity contribution in [3.05, 3.63) is 74.8 Å². The fourth-order valence-corrected chi connectivity index (χ4v) is 3.29. The summed E-state index contributed by atoms with van der Waals surface area (Å²) in [7, 11) is 0. The number of halogens is 5. The third-order valence-corrected chi connectivity index (χ3v) is 4.72. The molecule has 10 heteroatoms. The molecule has 0 saturated heterocycles. The van der Waals surface area contributed by atoms with Crippen molar-refractivity contribution in [1.82, 2.24) is 19.5 Å². The molecule has 29 heavy (non-hydrogen) atoms. The average Bonchev–Trinajstić information content (AvgIpc) is 3.01. The highest BCUT2D eigenvalue weighted by molar-refractivity contribution is 6.33. The number of H-pyrrole nitrogens is 1. The molecule has 2 aromatic heterocycles. The van der Waals surface area contributed by atoms with Crippen molar-refractivity contribution in [2.24, 2.45) is 0 Å². The van der Waals surface area contributed by atoms with E-state index >= 15 is 0 Å². The quantitative estimate of drug-likeness (QED) is 0.478. The SMILES string of the molecule is O=c1[nH]c(CC(F)(F)F)nc2c1nc(-c1ccccc1Cl)n2-c1ccc(Cl)cc1. The Morgan fingerprint density at radius 2 is 1.69 bits per heavy atom. The molecule has 0 fully saturated rings. The molecule has 0 saturated carbocycles. The first-order chi connectivity index (χ1) is 13.7. The van der Waals surface area contributed by atoms with Gasteiger partial charge in [0.15, 0.2) is 11.2 Å². The van der Waals surface area contributed by atoms with Crippen LogP contribution in [-0.4, -0.2) is 25.7 Å². The second-order valence-electron chi connectivity index (χ2n) is 6.20. The van der Waals surface area contributed by atoms with E-state index in [2.05, 4.69) is 15.0 Å². The predicted octanol–water partition coefficient (Wildman–Crippen LogP) is 5.19. The number of nitrogens with zero attached hydrogens (tertiary/aromatic N) is 3. The average molecular weight is 439 g/mol. The molecular formula is C19H11Cl2F3N4O. The molecule has 0 aliphatic heterocycles. The molecule has 0 bridgehead atoms. The van der Waals surface area contributed by atoms with E-state index in [9.17, 15) is 18.0 Å². The summed E-state index contributed by atoms with van der Waals surface area (Å²) >= 11 is 12.3. The number of imidazole rings is 1. The van der Waals surface area contributed by atoms with Crippen molar-refractivity contribution in [2.75, 3.05) is 0 Å². The van der Waals surface area contributed by atoms with E-state index in [0.29, 0.717) is 21.3 Å². The van der Waals surface area contributed by atoms with Gasteiger partial charge in [0.2, 0.25) is 0 Å². The van der Waals surface area contributed by atoms with Crippen LogP contribution in [-0.2, 0) is 6.42 Å². The van der Waals surface area contributed by atoms with E-state index in [-0.39, 0.29) is 17.0 Å². The van der Waals surface area contributed by atoms with Gasteiger partial charge >= 0.3 is 6.18 Å². The number of alkyl halides is 3. The monoisotopic (exact) mass is 438 g/mol. The Kier molecular flexibility index (Phi) is 4.84. The largest absolute Gasteiger partial charge is 0.396 e. The van der Waals surface area contributed by atoms with Crippen molar-refractivity contribution in [3.8, 4) is 17.1 Å². The molecule has 1 N–H and O–H groups in total. The number of hydrogen-bond acceptors (Lipinski definition) is 3. The Hall–Kier alpha value is -2.84. The molecular weight excluding hydrogens is 428 g/mol. The molecule has 0 spiro atoms. The maximum absolute atomic E-state index is 12.8. The van der Waals surface area contributed by atoms with E-state index in [1.54, 1.807) is 48.5 Å². The van der Waals surface area contributed by atoms with Crippen molar-refractivity contribution in [2.45, 2.75) is 12.6 Å². The van der Waals surface area contributed by atoms with E-state index in [1.807, 2.05) is 0 Å². The van der Waals surface area contributed by atoms with Crippen LogP contribution in [0, 0.1) is 0 Å². The van der Waals surface area contributed by atoms with Crippen LogP contribution in [0.4, 0.5) is 13.2 Å². The van der Waals surface area contributed by atoms with Gasteiger partial charge in [-0.3, -0.25) is 9.36 Å². The lowest BCUT2D eigenvalue weighted by molar-refractivity contribution is -0.128. The molecule has 148 valence electrons. The molecule has 0 aliphatic carbocycles. The molecule has 2 heterocycles. The zero-order chi connectivity index (χ0) is 20.8. The molecule has 4 aromatic rings. The zero-order valence-corrected chi connectivity index (χ0v) is 16.0. The van der Waals surface area contributed by atoms with E-state index in [4.69, 9.17) is 23.2 Å². The van der Waals surface area contributed by atoms with E-state index < -0.39 is 24.0 Å². The van der Waals surface area contributed by atoms with Gasteiger partial charge in [0.1, 0.15) is 18.1 Å². The summed E-state index contributed by atoms with van der Waals surface area (Å²) in [6, 6.07) is 13.3. The van der Waals surface area contributed by atoms with E-state index in [1.165, 1.54) is 4.57 Å². The highest BCUT2D eigenvalue weighted by Gasteiger charge is 2.30. The lowest BCUT2D eigenvalue weighted by Crippen LogP contribution is -2.19. The predicted molar refractivity (Wildman–Crippen MR) is 105 cm³/mol. The van der Waals surface area contributed by atoms with Crippen molar-refractivity contribution >= 4 is 34.4 Å². The zero-order valence-electron chi connectivity index (χ0n) is 14.5. The van der Waals surface area contributed by atoms with Gasteiger partial charge in [-0.1, -0.05) is 35.3 Å². The Labute approximate surface area is 171 Å². The second kappa shape index (κ2) is 7.20. The number of aromatic nitrogens is 4. The topological polar surface area (TPSA) is 63.6 Å². The number of fused-ring (bicyclic) bond motifs is 1. The van der Waals surface area contributed by atoms with Crippen molar-refractivity contribution in [1.29, 1.82) is 0 Å². The molecule has 0 atom stereocenters. The lowest BCUT2D eigenvalue weighted by Gasteiger charge is -2.11. The normalized spacial score (nSPS) is 11.9. The summed E-state index contributed by atoms with van der Waals surface area (Å²) in [5.74, 6) is -0.231. The second-order valence-corrected chi connectivity index (χ2v) is 7.05. The Morgan fingerprint density at radius 1 is 1.00 bits per heavy atom. The number of aromatic amines is 1. The number of rotatable bonds is 3. The summed E-state index contributed by atoms with van der Waals surface area (Å²) in [5, 5.41) is 0.839. The van der Waals surface area contributed by atoms with Gasteiger partial charge < -0.3 is 4.98 Å². The summed E-state index contributed by atoms with van der Waals surface area (Å²) in [6.07, 6.45) is -5.90. The third kappa shape index (κ3) is 3.86. The summed E-state index contributed by atoms with van der Waals surface area (Å²) in [4.78, 5) is 23.0. The van der Waals surface area contributed by atoms with Crippen LogP contribution in [0.5, 0.6) is 0 Å². The summed E-state index contributed by atoms with van der Waals surface area (Å²) in [5.41, 5.74) is 0.142. The van der Waals surface area contributed by atoms with Crippen LogP contribution >= 0.6 is 23.2 Å². The van der Waals surface area contributed by atoms with Gasteiger partial charge in [-0.25, -0.2) is 9.97 Å². The van der Waals surface area contributed by atoms with Gasteiger partial charge in [-0.2, -0.15) is 13.2 Å². The number of nitrogens with one attached hydrogen (secondary N) is 1. The van der Waals surface area contributed by atoms with Crippen molar-refractivity contribution in [3.63, 3.8) is 0 Å². The molecule has 5 nitrogen and oxygen atoms in total. The van der Waals surface area contributed by atoms with Gasteiger partial charge in [0, 0.05) is 16.3 Å². The van der Waals surface area contributed by atoms with Gasteiger partial charge in [-0.15, -0.1) is 0 Å². The van der Waals surface area contributed by atoms with Crippen LogP contribution in [0.2, 0.25) is 10.0 Å². The van der Waals surface area contributed by atoms with Gasteiger partial charge in [0.05, 0.1) is 5.02 Å². The Bertz CT molecular complexity index is 1260. The minimum atomic E-state index is -4.53. The minimum absolute atomic E-state index is 0.00904. The lowest BCUT2D eigenvalue weighted by atomic mass is 10.2. The molecule has 0 radical (unpaired) electrons. The van der Waals surface area contributed by atoms with Crippen molar-refractivity contribution < 1.29 is 13.2 Å². The van der Waals surface area contributed by atoms with Crippen LogP contribution < -0.4 is 5.56 Å². The first-order valence-electron chi connectivity index (χ1n) is 8.32. The maximum atomic E-state index is 12.8. The fraction of sp³-hybridized carbons (Fsp3) is 0.105. The van der Waals surface area contributed by atoms with Crippen LogP contribution in [0.3, 0.4) is 0 Å². The fourth-order valence-electron chi connectivity index (χ4n) is 2.94. The van der Waals surface area contributed by atoms with E-state index in [0.717, 1.165) is 0 Å². The standard InChI is InChI=1S/C19H11Cl2F3N4O/c20-10-5-7-11(8-6-10)28-16(12-3-1-2-4-13(12)21)27-15-17(28)25-14(26-18(15)29)9-19(22,23)24/h1-8H,9H2,(H,25,26,29). The first-order valence-corrected chi connectivity index (χ1v) is 9.08. The van der Waals surface area contributed by atoms with Crippen LogP contribution in [0.15, 0.2) is 53.3 Å². The van der Waals surface area contributed by atoms with Gasteiger partial charge in [0.25, 0.3) is 5.56 Å². The molecule has 2 aromatic carbocycles. The maximum Gasteiger partial charge on any atom is 0.396 e. The smallest absolute Gasteiger partial charge is 0.308 e. The highest BCUT2D eigenvalue weighted by atomic mass is 35.5. The molecule has 4 rings (SSSR count). The summed E-state index contributed by atoms with van der Waals surface area (Å²) in [6.45, 7) is 0. The summed E-state index contributed by atoms with van der Waals surface area (Å²) < 4.78 is 40.0. The Balaban J connectivity index is 2.06. The van der Waals surface area contributed by atoms with Crippen LogP contribution in [0.25, 0.3) is 28.2 Å². The minimum Gasteiger partial charge on any atom is -0.308 e. The Morgan fingerprint density at radius 3 is 2.34 bits per heavy atom. The van der Waals surface area contributed by atoms with Crippen LogP contribution in [0.1, 0.15) is 5.82 Å². The highest BCUT2D eigenvalue weighted by Crippen LogP contribution is 2.32. The number of hydrogen-bond donors (Lipinski definition) is 1. The third-order valence-electron chi connectivity index (χ3n) is 4.13. The van der Waals surface area contributed by atoms with Gasteiger partial charge in [-0.05, 0) is 36.4 Å².